The van der Waals surface area contributed by atoms with Gasteiger partial charge in [-0.3, -0.25) is 4.79 Å². The van der Waals surface area contributed by atoms with Crippen molar-refractivity contribution in [2.24, 2.45) is 0 Å². The maximum Gasteiger partial charge on any atom is 0.345 e. The molecule has 0 bridgehead atoms. The SMILES string of the molecule is O=C(/C=C\c1ccc(O)c2c1[C@H](C(=O)O[C@H](Cc1ccc(O)c(O)c1)C(=O)O)[C@@H](c1ccc(O)c(O)c1)O2)O[C@H](Cc1ccc(O)c(O)c1)C(=O)O. The molecule has 4 aromatic carbocycles. The number of carbonyl (C=O) groups excluding carboxylic acids is 2. The number of aliphatic carboxylic acids is 2. The third-order valence-electron chi connectivity index (χ3n) is 8.04. The normalized spacial score (nSPS) is 16.0. The number of ether oxygens (including phenoxy) is 3. The first-order chi connectivity index (χ1) is 24.6. The number of carboxylic acid groups (broad SMARTS) is 2. The standard InChI is InChI=1S/C36H30O16/c37-20-6-1-16(11-24(20)41)13-27(34(45)46)50-29(44)10-5-18-3-9-23(40)33-30(18)31(32(52-33)19-4-8-22(39)26(43)15-19)36(49)51-28(35(47)48)14-17-2-7-21(38)25(42)12-17/h1-12,15,27-28,31-32,37-43H,13-14H2,(H,45,46)(H,47,48)/b10-5-/t27-,28-,31+,32-/m1/s1. The molecule has 1 aliphatic heterocycles. The average Bonchev–Trinajstić information content (AvgIpc) is 3.50. The largest absolute Gasteiger partial charge is 0.504 e. The molecule has 0 spiro atoms. The van der Waals surface area contributed by atoms with Gasteiger partial charge in [-0.05, 0) is 70.8 Å². The summed E-state index contributed by atoms with van der Waals surface area (Å²) < 4.78 is 16.5. The van der Waals surface area contributed by atoms with Gasteiger partial charge in [0.2, 0.25) is 12.2 Å². The number of benzene rings is 4. The van der Waals surface area contributed by atoms with Crippen LogP contribution in [0.5, 0.6) is 46.0 Å². The predicted octanol–water partition coefficient (Wildman–Crippen LogP) is 3.33. The molecule has 16 heteroatoms. The first kappa shape index (κ1) is 36.2. The van der Waals surface area contributed by atoms with Crippen molar-refractivity contribution in [3.63, 3.8) is 0 Å². The number of carbonyl (C=O) groups is 4. The maximum absolute atomic E-state index is 13.9. The quantitative estimate of drug-likeness (QED) is 0.0577. The third kappa shape index (κ3) is 7.86. The molecule has 16 nitrogen and oxygen atoms in total. The fraction of sp³-hybridized carbons (Fsp3) is 0.167. The van der Waals surface area contributed by atoms with Crippen molar-refractivity contribution < 1.29 is 79.3 Å². The number of carboxylic acids is 2. The Balaban J connectivity index is 1.47. The Bertz CT molecular complexity index is 2090. The Hall–Kier alpha value is -7.10. The van der Waals surface area contributed by atoms with Crippen molar-refractivity contribution >= 4 is 30.0 Å². The smallest absolute Gasteiger partial charge is 0.345 e. The topological polar surface area (TPSA) is 278 Å². The van der Waals surface area contributed by atoms with E-state index in [1.807, 2.05) is 0 Å². The highest BCUT2D eigenvalue weighted by atomic mass is 16.6. The van der Waals surface area contributed by atoms with Gasteiger partial charge in [0.25, 0.3) is 0 Å². The summed E-state index contributed by atoms with van der Waals surface area (Å²) in [4.78, 5) is 50.9. The maximum atomic E-state index is 13.9. The summed E-state index contributed by atoms with van der Waals surface area (Å²) in [6, 6.07) is 13.0. The number of aromatic hydroxyl groups is 7. The van der Waals surface area contributed by atoms with Gasteiger partial charge in [0, 0.05) is 24.5 Å². The molecule has 270 valence electrons. The van der Waals surface area contributed by atoms with E-state index in [0.29, 0.717) is 0 Å². The molecule has 9 N–H and O–H groups in total. The minimum atomic E-state index is -1.84. The minimum Gasteiger partial charge on any atom is -0.504 e. The van der Waals surface area contributed by atoms with Gasteiger partial charge < -0.3 is 60.2 Å². The Morgan fingerprint density at radius 2 is 1.13 bits per heavy atom. The molecule has 4 aromatic rings. The number of rotatable bonds is 12. The Morgan fingerprint density at radius 3 is 1.65 bits per heavy atom. The molecule has 5 rings (SSSR count). The number of hydrogen-bond acceptors (Lipinski definition) is 14. The molecular weight excluding hydrogens is 688 g/mol. The minimum absolute atomic E-state index is 0.0443. The third-order valence-corrected chi connectivity index (χ3v) is 8.04. The van der Waals surface area contributed by atoms with Crippen LogP contribution in [0.15, 0.2) is 72.8 Å². The Morgan fingerprint density at radius 1 is 0.635 bits per heavy atom. The molecule has 0 amide bonds. The summed E-state index contributed by atoms with van der Waals surface area (Å²) in [7, 11) is 0. The van der Waals surface area contributed by atoms with Gasteiger partial charge in [0.1, 0.15) is 12.0 Å². The second-order valence-electron chi connectivity index (χ2n) is 11.6. The number of hydrogen-bond donors (Lipinski definition) is 9. The average molecular weight is 719 g/mol. The lowest BCUT2D eigenvalue weighted by atomic mass is 9.87. The second kappa shape index (κ2) is 14.8. The number of phenols is 7. The summed E-state index contributed by atoms with van der Waals surface area (Å²) in [6.07, 6.45) is -3.85. The molecule has 52 heavy (non-hydrogen) atoms. The van der Waals surface area contributed by atoms with Crippen molar-refractivity contribution in [1.29, 1.82) is 0 Å². The van der Waals surface area contributed by atoms with Gasteiger partial charge in [-0.2, -0.15) is 0 Å². The Labute approximate surface area is 292 Å². The predicted molar refractivity (Wildman–Crippen MR) is 175 cm³/mol. The Kier molecular flexibility index (Phi) is 10.3. The van der Waals surface area contributed by atoms with Crippen molar-refractivity contribution in [3.8, 4) is 46.0 Å². The van der Waals surface area contributed by atoms with Crippen LogP contribution in [-0.2, 0) is 41.5 Å². The van der Waals surface area contributed by atoms with E-state index in [1.165, 1.54) is 24.3 Å². The molecule has 0 radical (unpaired) electrons. The molecule has 0 aromatic heterocycles. The van der Waals surface area contributed by atoms with E-state index in [-0.39, 0.29) is 40.0 Å². The van der Waals surface area contributed by atoms with Gasteiger partial charge in [-0.25, -0.2) is 14.4 Å². The molecule has 0 unspecified atom stereocenters. The van der Waals surface area contributed by atoms with Gasteiger partial charge in [-0.15, -0.1) is 0 Å². The van der Waals surface area contributed by atoms with Crippen LogP contribution >= 0.6 is 0 Å². The molecule has 0 aliphatic carbocycles. The molecule has 1 heterocycles. The molecule has 0 saturated carbocycles. The van der Waals surface area contributed by atoms with E-state index in [4.69, 9.17) is 14.2 Å². The number of fused-ring (bicyclic) bond motifs is 1. The van der Waals surface area contributed by atoms with Crippen LogP contribution in [0.25, 0.3) is 6.08 Å². The molecule has 0 fully saturated rings. The summed E-state index contributed by atoms with van der Waals surface area (Å²) in [6.45, 7) is 0. The lowest BCUT2D eigenvalue weighted by Crippen LogP contribution is -2.33. The van der Waals surface area contributed by atoms with Crippen molar-refractivity contribution in [1.82, 2.24) is 0 Å². The molecule has 0 saturated heterocycles. The van der Waals surface area contributed by atoms with Crippen LogP contribution < -0.4 is 4.74 Å². The fourth-order valence-corrected chi connectivity index (χ4v) is 5.49. The molecule has 4 atom stereocenters. The summed E-state index contributed by atoms with van der Waals surface area (Å²) >= 11 is 0. The summed E-state index contributed by atoms with van der Waals surface area (Å²) in [5.41, 5.74) is 0.445. The fourth-order valence-electron chi connectivity index (χ4n) is 5.49. The zero-order valence-electron chi connectivity index (χ0n) is 26.6. The van der Waals surface area contributed by atoms with Crippen molar-refractivity contribution in [2.75, 3.05) is 0 Å². The second-order valence-corrected chi connectivity index (χ2v) is 11.6. The molecular formula is C36H30O16. The summed E-state index contributed by atoms with van der Waals surface area (Å²) in [5, 5.41) is 89.1. The van der Waals surface area contributed by atoms with Gasteiger partial charge in [0.15, 0.2) is 46.0 Å². The van der Waals surface area contributed by atoms with Gasteiger partial charge in [-0.1, -0.05) is 24.3 Å². The lowest BCUT2D eigenvalue weighted by molar-refractivity contribution is -0.166. The van der Waals surface area contributed by atoms with E-state index in [1.54, 1.807) is 0 Å². The zero-order chi connectivity index (χ0) is 37.9. The van der Waals surface area contributed by atoms with Gasteiger partial charge in [0.05, 0.1) is 0 Å². The van der Waals surface area contributed by atoms with Crippen LogP contribution in [0.4, 0.5) is 0 Å². The van der Waals surface area contributed by atoms with E-state index < -0.39 is 94.8 Å². The van der Waals surface area contributed by atoms with Gasteiger partial charge >= 0.3 is 23.9 Å². The van der Waals surface area contributed by atoms with Crippen LogP contribution in [0.3, 0.4) is 0 Å². The zero-order valence-corrected chi connectivity index (χ0v) is 26.6. The highest BCUT2D eigenvalue weighted by molar-refractivity contribution is 5.92. The van der Waals surface area contributed by atoms with Crippen molar-refractivity contribution in [2.45, 2.75) is 37.1 Å². The van der Waals surface area contributed by atoms with Crippen LogP contribution in [0.1, 0.15) is 39.8 Å². The monoisotopic (exact) mass is 718 g/mol. The number of phenolic OH excluding ortho intramolecular Hbond substituents is 7. The molecule has 1 aliphatic rings. The van der Waals surface area contributed by atoms with E-state index in [2.05, 4.69) is 0 Å². The first-order valence-corrected chi connectivity index (χ1v) is 15.2. The lowest BCUT2D eigenvalue weighted by Gasteiger charge is -2.22. The van der Waals surface area contributed by atoms with E-state index >= 15 is 0 Å². The van der Waals surface area contributed by atoms with Crippen LogP contribution in [0, 0.1) is 0 Å². The van der Waals surface area contributed by atoms with Crippen molar-refractivity contribution in [3.05, 3.63) is 101 Å². The first-order valence-electron chi connectivity index (χ1n) is 15.2. The van der Waals surface area contributed by atoms with Crippen LogP contribution in [0.2, 0.25) is 0 Å². The van der Waals surface area contributed by atoms with Crippen LogP contribution in [-0.4, -0.2) is 82.0 Å². The highest BCUT2D eigenvalue weighted by Crippen LogP contribution is 2.53. The number of esters is 2. The summed E-state index contributed by atoms with van der Waals surface area (Å²) in [5.74, 6) is -10.8. The van der Waals surface area contributed by atoms with E-state index in [9.17, 15) is 65.1 Å². The highest BCUT2D eigenvalue weighted by Gasteiger charge is 2.46. The van der Waals surface area contributed by atoms with E-state index in [0.717, 1.165) is 54.6 Å².